The SMILES string of the molecule is COc1ccccc1CC(=O)N1CCC(Nc2cc(N3CCCC(C)C3)ncn2)CC1. The van der Waals surface area contributed by atoms with Crippen LogP contribution in [0, 0.1) is 5.92 Å². The Balaban J connectivity index is 1.29. The molecule has 1 unspecified atom stereocenters. The highest BCUT2D eigenvalue weighted by Gasteiger charge is 2.24. The minimum absolute atomic E-state index is 0.159. The number of amides is 1. The van der Waals surface area contributed by atoms with Crippen LogP contribution in [-0.2, 0) is 11.2 Å². The Morgan fingerprint density at radius 1 is 1.16 bits per heavy atom. The fourth-order valence-corrected chi connectivity index (χ4v) is 4.60. The van der Waals surface area contributed by atoms with E-state index in [-0.39, 0.29) is 5.91 Å². The quantitative estimate of drug-likeness (QED) is 0.768. The maximum atomic E-state index is 12.8. The van der Waals surface area contributed by atoms with Crippen LogP contribution in [0.25, 0.3) is 0 Å². The molecule has 4 rings (SSSR count). The van der Waals surface area contributed by atoms with E-state index in [1.54, 1.807) is 13.4 Å². The average Bonchev–Trinajstić information content (AvgIpc) is 2.80. The molecular weight excluding hydrogens is 390 g/mol. The van der Waals surface area contributed by atoms with Crippen molar-refractivity contribution < 1.29 is 9.53 Å². The van der Waals surface area contributed by atoms with Crippen molar-refractivity contribution in [2.75, 3.05) is 43.5 Å². The van der Waals surface area contributed by atoms with E-state index in [1.165, 1.54) is 12.8 Å². The molecule has 2 aliphatic rings. The number of rotatable bonds is 6. The van der Waals surface area contributed by atoms with Crippen LogP contribution in [0.1, 0.15) is 38.2 Å². The van der Waals surface area contributed by atoms with Crippen molar-refractivity contribution in [1.82, 2.24) is 14.9 Å². The molecule has 7 nitrogen and oxygen atoms in total. The molecule has 1 N–H and O–H groups in total. The smallest absolute Gasteiger partial charge is 0.227 e. The first kappa shape index (κ1) is 21.4. The van der Waals surface area contributed by atoms with E-state index in [9.17, 15) is 4.79 Å². The number of anilines is 2. The fourth-order valence-electron chi connectivity index (χ4n) is 4.60. The van der Waals surface area contributed by atoms with Crippen LogP contribution in [0.3, 0.4) is 0 Å². The van der Waals surface area contributed by atoms with Gasteiger partial charge in [-0.3, -0.25) is 4.79 Å². The molecule has 1 aromatic heterocycles. The third-order valence-corrected chi connectivity index (χ3v) is 6.37. The van der Waals surface area contributed by atoms with Crippen LogP contribution >= 0.6 is 0 Å². The van der Waals surface area contributed by atoms with Gasteiger partial charge in [-0.25, -0.2) is 9.97 Å². The van der Waals surface area contributed by atoms with Gasteiger partial charge in [0, 0.05) is 43.9 Å². The molecule has 2 saturated heterocycles. The summed E-state index contributed by atoms with van der Waals surface area (Å²) in [5.74, 6) is 3.52. The topological polar surface area (TPSA) is 70.6 Å². The van der Waals surface area contributed by atoms with Gasteiger partial charge in [-0.1, -0.05) is 25.1 Å². The summed E-state index contributed by atoms with van der Waals surface area (Å²) in [7, 11) is 1.64. The van der Waals surface area contributed by atoms with Gasteiger partial charge in [0.05, 0.1) is 13.5 Å². The van der Waals surface area contributed by atoms with Gasteiger partial charge in [0.1, 0.15) is 23.7 Å². The van der Waals surface area contributed by atoms with E-state index in [0.29, 0.717) is 18.4 Å². The van der Waals surface area contributed by atoms with Crippen LogP contribution in [0.2, 0.25) is 0 Å². The maximum absolute atomic E-state index is 12.8. The molecule has 0 saturated carbocycles. The molecule has 1 aromatic carbocycles. The Labute approximate surface area is 184 Å². The largest absolute Gasteiger partial charge is 0.496 e. The van der Waals surface area contributed by atoms with E-state index in [4.69, 9.17) is 4.74 Å². The predicted octanol–water partition coefficient (Wildman–Crippen LogP) is 3.37. The molecule has 2 aliphatic heterocycles. The Morgan fingerprint density at radius 3 is 2.74 bits per heavy atom. The molecule has 0 bridgehead atoms. The van der Waals surface area contributed by atoms with Crippen molar-refractivity contribution in [3.05, 3.63) is 42.2 Å². The molecule has 0 spiro atoms. The third-order valence-electron chi connectivity index (χ3n) is 6.37. The van der Waals surface area contributed by atoms with Crippen molar-refractivity contribution in [3.8, 4) is 5.75 Å². The van der Waals surface area contributed by atoms with Crippen molar-refractivity contribution in [2.45, 2.75) is 45.1 Å². The molecule has 31 heavy (non-hydrogen) atoms. The second kappa shape index (κ2) is 9.98. The Morgan fingerprint density at radius 2 is 1.97 bits per heavy atom. The van der Waals surface area contributed by atoms with Gasteiger partial charge in [-0.2, -0.15) is 0 Å². The standard InChI is InChI=1S/C24H33N5O2/c1-18-6-5-11-29(16-18)23-15-22(25-17-26-23)27-20-9-12-28(13-10-20)24(30)14-19-7-3-4-8-21(19)31-2/h3-4,7-8,15,17-18,20H,5-6,9-14,16H2,1-2H3,(H,25,26,27). The monoisotopic (exact) mass is 423 g/mol. The Kier molecular flexibility index (Phi) is 6.89. The third kappa shape index (κ3) is 5.46. The number of likely N-dealkylation sites (tertiary alicyclic amines) is 1. The van der Waals surface area contributed by atoms with Crippen molar-refractivity contribution in [2.24, 2.45) is 5.92 Å². The van der Waals surface area contributed by atoms with Crippen molar-refractivity contribution in [1.29, 1.82) is 0 Å². The predicted molar refractivity (Wildman–Crippen MR) is 123 cm³/mol. The number of benzene rings is 1. The lowest BCUT2D eigenvalue weighted by Crippen LogP contribution is -2.43. The van der Waals surface area contributed by atoms with Gasteiger partial charge < -0.3 is 19.9 Å². The van der Waals surface area contributed by atoms with Gasteiger partial charge in [0.2, 0.25) is 5.91 Å². The van der Waals surface area contributed by atoms with E-state index < -0.39 is 0 Å². The van der Waals surface area contributed by atoms with Crippen LogP contribution in [0.15, 0.2) is 36.7 Å². The van der Waals surface area contributed by atoms with Gasteiger partial charge in [0.25, 0.3) is 0 Å². The highest BCUT2D eigenvalue weighted by atomic mass is 16.5. The Bertz CT molecular complexity index is 882. The molecule has 0 aliphatic carbocycles. The summed E-state index contributed by atoms with van der Waals surface area (Å²) in [6.45, 7) is 5.94. The number of carbonyl (C=O) groups is 1. The minimum Gasteiger partial charge on any atom is -0.496 e. The minimum atomic E-state index is 0.159. The van der Waals surface area contributed by atoms with Gasteiger partial charge >= 0.3 is 0 Å². The number of hydrogen-bond donors (Lipinski definition) is 1. The zero-order valence-corrected chi connectivity index (χ0v) is 18.6. The van der Waals surface area contributed by atoms with Gasteiger partial charge in [0.15, 0.2) is 0 Å². The molecule has 0 radical (unpaired) electrons. The van der Waals surface area contributed by atoms with Crippen LogP contribution in [0.5, 0.6) is 5.75 Å². The zero-order chi connectivity index (χ0) is 21.6. The van der Waals surface area contributed by atoms with E-state index in [1.807, 2.05) is 29.2 Å². The molecule has 1 amide bonds. The molecule has 7 heteroatoms. The zero-order valence-electron chi connectivity index (χ0n) is 18.6. The number of methoxy groups -OCH3 is 1. The molecule has 2 fully saturated rings. The number of carbonyl (C=O) groups excluding carboxylic acids is 1. The molecule has 2 aromatic rings. The first-order valence-corrected chi connectivity index (χ1v) is 11.4. The highest BCUT2D eigenvalue weighted by Crippen LogP contribution is 2.24. The number of piperidine rings is 2. The van der Waals surface area contributed by atoms with Gasteiger partial charge in [-0.05, 0) is 37.7 Å². The molecule has 1 atom stereocenters. The molecular formula is C24H33N5O2. The van der Waals surface area contributed by atoms with E-state index >= 15 is 0 Å². The maximum Gasteiger partial charge on any atom is 0.227 e. The van der Waals surface area contributed by atoms with Crippen LogP contribution in [0.4, 0.5) is 11.6 Å². The number of para-hydroxylation sites is 1. The lowest BCUT2D eigenvalue weighted by molar-refractivity contribution is -0.131. The number of nitrogens with zero attached hydrogens (tertiary/aromatic N) is 4. The summed E-state index contributed by atoms with van der Waals surface area (Å²) in [4.78, 5) is 26.0. The summed E-state index contributed by atoms with van der Waals surface area (Å²) in [5.41, 5.74) is 0.941. The van der Waals surface area contributed by atoms with Crippen molar-refractivity contribution >= 4 is 17.5 Å². The van der Waals surface area contributed by atoms with Crippen LogP contribution < -0.4 is 15.0 Å². The first-order valence-electron chi connectivity index (χ1n) is 11.4. The summed E-state index contributed by atoms with van der Waals surface area (Å²) >= 11 is 0. The van der Waals surface area contributed by atoms with Crippen molar-refractivity contribution in [3.63, 3.8) is 0 Å². The molecule has 3 heterocycles. The fraction of sp³-hybridized carbons (Fsp3) is 0.542. The lowest BCUT2D eigenvalue weighted by Gasteiger charge is -2.33. The average molecular weight is 424 g/mol. The summed E-state index contributed by atoms with van der Waals surface area (Å²) < 4.78 is 5.38. The highest BCUT2D eigenvalue weighted by molar-refractivity contribution is 5.79. The second-order valence-corrected chi connectivity index (χ2v) is 8.74. The number of ether oxygens (including phenoxy) is 1. The van der Waals surface area contributed by atoms with Crippen LogP contribution in [-0.4, -0.2) is 60.1 Å². The first-order chi connectivity index (χ1) is 15.1. The number of hydrogen-bond acceptors (Lipinski definition) is 6. The normalized spacial score (nSPS) is 19.9. The Hall–Kier alpha value is -2.83. The summed E-state index contributed by atoms with van der Waals surface area (Å²) in [5, 5.41) is 3.56. The molecule has 166 valence electrons. The summed E-state index contributed by atoms with van der Waals surface area (Å²) in [6.07, 6.45) is 6.38. The number of nitrogens with one attached hydrogen (secondary N) is 1. The van der Waals surface area contributed by atoms with Gasteiger partial charge in [-0.15, -0.1) is 0 Å². The van der Waals surface area contributed by atoms with E-state index in [2.05, 4.69) is 33.2 Å². The number of aromatic nitrogens is 2. The lowest BCUT2D eigenvalue weighted by atomic mass is 10.0. The van der Waals surface area contributed by atoms with E-state index in [0.717, 1.165) is 62.0 Å². The summed E-state index contributed by atoms with van der Waals surface area (Å²) in [6, 6.07) is 10.1. The second-order valence-electron chi connectivity index (χ2n) is 8.74.